The second kappa shape index (κ2) is 6.04. The van der Waals surface area contributed by atoms with Gasteiger partial charge in [0.1, 0.15) is 17.7 Å². The molecule has 0 fully saturated rings. The fourth-order valence-electron chi connectivity index (χ4n) is 2.72. The third-order valence-electron chi connectivity index (χ3n) is 3.90. The van der Waals surface area contributed by atoms with Crippen molar-refractivity contribution in [2.45, 2.75) is 6.54 Å². The summed E-state index contributed by atoms with van der Waals surface area (Å²) in [6.45, 7) is 0.761. The molecule has 0 atom stereocenters. The van der Waals surface area contributed by atoms with Crippen LogP contribution in [0.5, 0.6) is 5.75 Å². The van der Waals surface area contributed by atoms with E-state index < -0.39 is 0 Å². The number of benzene rings is 2. The molecule has 0 bridgehead atoms. The quantitative estimate of drug-likeness (QED) is 0.619. The molecule has 0 amide bonds. The fraction of sp³-hybridized carbons (Fsp3) is 0.0526. The number of aromatic nitrogens is 3. The monoisotopic (exact) mass is 317 g/mol. The van der Waals surface area contributed by atoms with E-state index in [0.717, 1.165) is 17.7 Å². The van der Waals surface area contributed by atoms with E-state index in [0.29, 0.717) is 11.3 Å². The highest BCUT2D eigenvalue weighted by atomic mass is 16.5. The Labute approximate surface area is 138 Å². The minimum absolute atomic E-state index is 0.182. The van der Waals surface area contributed by atoms with E-state index in [1.807, 2.05) is 35.0 Å². The highest BCUT2D eigenvalue weighted by Crippen LogP contribution is 2.32. The van der Waals surface area contributed by atoms with Gasteiger partial charge in [0.15, 0.2) is 0 Å². The van der Waals surface area contributed by atoms with Gasteiger partial charge in [0.25, 0.3) is 0 Å². The molecule has 0 saturated carbocycles. The third-order valence-corrected chi connectivity index (χ3v) is 3.90. The van der Waals surface area contributed by atoms with Crippen molar-refractivity contribution in [3.63, 3.8) is 0 Å². The summed E-state index contributed by atoms with van der Waals surface area (Å²) >= 11 is 0. The molecule has 2 aromatic carbocycles. The lowest BCUT2D eigenvalue weighted by Gasteiger charge is -2.08. The van der Waals surface area contributed by atoms with Crippen LogP contribution in [0.15, 0.2) is 78.0 Å². The van der Waals surface area contributed by atoms with Crippen LogP contribution in [0.25, 0.3) is 22.4 Å². The first-order chi connectivity index (χ1) is 11.8. The molecule has 4 rings (SSSR count). The molecule has 2 heterocycles. The Hall–Kier alpha value is -3.34. The number of aromatic hydroxyl groups is 1. The number of phenols is 1. The highest BCUT2D eigenvalue weighted by molar-refractivity contribution is 5.74. The van der Waals surface area contributed by atoms with Crippen LogP contribution in [0.1, 0.15) is 5.56 Å². The van der Waals surface area contributed by atoms with Crippen LogP contribution in [0, 0.1) is 0 Å². The lowest BCUT2D eigenvalue weighted by atomic mass is 10.00. The minimum atomic E-state index is 0.182. The zero-order chi connectivity index (χ0) is 16.4. The molecule has 2 aromatic heterocycles. The Balaban J connectivity index is 1.65. The van der Waals surface area contributed by atoms with Gasteiger partial charge in [-0.25, -0.2) is 4.98 Å². The summed E-state index contributed by atoms with van der Waals surface area (Å²) in [7, 11) is 0. The van der Waals surface area contributed by atoms with Crippen molar-refractivity contribution in [1.82, 2.24) is 14.7 Å². The summed E-state index contributed by atoms with van der Waals surface area (Å²) in [4.78, 5) is 4.06. The van der Waals surface area contributed by atoms with Crippen molar-refractivity contribution in [3.05, 3.63) is 79.1 Å². The number of hydrogen-bond donors (Lipinski definition) is 1. The molecular weight excluding hydrogens is 302 g/mol. The van der Waals surface area contributed by atoms with Gasteiger partial charge in [-0.05, 0) is 34.9 Å². The summed E-state index contributed by atoms with van der Waals surface area (Å²) in [5.74, 6) is 0.182. The zero-order valence-electron chi connectivity index (χ0n) is 12.8. The average Bonchev–Trinajstić information content (AvgIpc) is 3.29. The maximum absolute atomic E-state index is 10.3. The fourth-order valence-corrected chi connectivity index (χ4v) is 2.72. The summed E-state index contributed by atoms with van der Waals surface area (Å²) < 4.78 is 6.85. The third kappa shape index (κ3) is 2.79. The minimum Gasteiger partial charge on any atom is -0.507 e. The first kappa shape index (κ1) is 14.3. The van der Waals surface area contributed by atoms with Crippen LogP contribution in [0.3, 0.4) is 0 Å². The second-order valence-electron chi connectivity index (χ2n) is 5.55. The Kier molecular flexibility index (Phi) is 3.59. The standard InChI is InChI=1S/C19H15N3O2/c23-19-11-16(4-5-17(19)18-6-9-24-21-18)15-3-1-2-14(10-15)12-22-8-7-20-13-22/h1-11,13,23H,12H2. The Morgan fingerprint density at radius 1 is 1.04 bits per heavy atom. The molecule has 24 heavy (non-hydrogen) atoms. The summed E-state index contributed by atoms with van der Waals surface area (Å²) in [5, 5.41) is 14.2. The maximum atomic E-state index is 10.3. The predicted octanol–water partition coefficient (Wildman–Crippen LogP) is 3.96. The topological polar surface area (TPSA) is 64.1 Å². The molecule has 4 aromatic rings. The van der Waals surface area contributed by atoms with Gasteiger partial charge in [-0.15, -0.1) is 0 Å². The molecule has 1 N–H and O–H groups in total. The summed E-state index contributed by atoms with van der Waals surface area (Å²) in [6, 6.07) is 15.5. The van der Waals surface area contributed by atoms with Gasteiger partial charge in [-0.2, -0.15) is 0 Å². The van der Waals surface area contributed by atoms with Crippen LogP contribution in [-0.2, 0) is 6.54 Å². The second-order valence-corrected chi connectivity index (χ2v) is 5.55. The van der Waals surface area contributed by atoms with Gasteiger partial charge in [-0.3, -0.25) is 0 Å². The molecule has 5 heteroatoms. The van der Waals surface area contributed by atoms with Crippen LogP contribution < -0.4 is 0 Å². The first-order valence-corrected chi connectivity index (χ1v) is 7.58. The molecule has 5 nitrogen and oxygen atoms in total. The van der Waals surface area contributed by atoms with Crippen LogP contribution in [0.4, 0.5) is 0 Å². The largest absolute Gasteiger partial charge is 0.507 e. The van der Waals surface area contributed by atoms with Crippen molar-refractivity contribution in [2.75, 3.05) is 0 Å². The van der Waals surface area contributed by atoms with Gasteiger partial charge >= 0.3 is 0 Å². The van der Waals surface area contributed by atoms with E-state index in [2.05, 4.69) is 22.3 Å². The normalized spacial score (nSPS) is 10.8. The molecule has 0 unspecified atom stereocenters. The zero-order valence-corrected chi connectivity index (χ0v) is 12.8. The Morgan fingerprint density at radius 3 is 2.71 bits per heavy atom. The van der Waals surface area contributed by atoms with Gasteiger partial charge in [0.2, 0.25) is 0 Å². The molecular formula is C19H15N3O2. The van der Waals surface area contributed by atoms with Gasteiger partial charge in [0, 0.05) is 30.6 Å². The maximum Gasteiger partial charge on any atom is 0.125 e. The van der Waals surface area contributed by atoms with Crippen molar-refractivity contribution in [3.8, 4) is 28.1 Å². The molecule has 0 aliphatic heterocycles. The van der Waals surface area contributed by atoms with Crippen molar-refractivity contribution in [1.29, 1.82) is 0 Å². The van der Waals surface area contributed by atoms with Crippen molar-refractivity contribution in [2.24, 2.45) is 0 Å². The number of phenolic OH excluding ortho intramolecular Hbond substituents is 1. The van der Waals surface area contributed by atoms with E-state index in [9.17, 15) is 5.11 Å². The molecule has 0 aliphatic carbocycles. The van der Waals surface area contributed by atoms with E-state index >= 15 is 0 Å². The first-order valence-electron chi connectivity index (χ1n) is 7.58. The Morgan fingerprint density at radius 2 is 1.96 bits per heavy atom. The number of hydrogen-bond acceptors (Lipinski definition) is 4. The Bertz CT molecular complexity index is 945. The van der Waals surface area contributed by atoms with Gasteiger partial charge in [-0.1, -0.05) is 29.4 Å². The van der Waals surface area contributed by atoms with Crippen LogP contribution in [0.2, 0.25) is 0 Å². The molecule has 0 saturated heterocycles. The lowest BCUT2D eigenvalue weighted by molar-refractivity contribution is 0.421. The van der Waals surface area contributed by atoms with Crippen LogP contribution in [-0.4, -0.2) is 19.8 Å². The van der Waals surface area contributed by atoms with E-state index in [1.165, 1.54) is 11.8 Å². The SMILES string of the molecule is Oc1cc(-c2cccc(Cn3ccnc3)c2)ccc1-c1ccon1. The van der Waals surface area contributed by atoms with E-state index in [4.69, 9.17) is 4.52 Å². The lowest BCUT2D eigenvalue weighted by Crippen LogP contribution is -1.96. The summed E-state index contributed by atoms with van der Waals surface area (Å²) in [5.41, 5.74) is 4.45. The van der Waals surface area contributed by atoms with E-state index in [1.54, 1.807) is 24.7 Å². The smallest absolute Gasteiger partial charge is 0.125 e. The number of rotatable bonds is 4. The number of nitrogens with zero attached hydrogens (tertiary/aromatic N) is 3. The van der Waals surface area contributed by atoms with E-state index in [-0.39, 0.29) is 5.75 Å². The van der Waals surface area contributed by atoms with Crippen LogP contribution >= 0.6 is 0 Å². The molecule has 0 spiro atoms. The molecule has 0 aliphatic rings. The molecule has 118 valence electrons. The summed E-state index contributed by atoms with van der Waals surface area (Å²) in [6.07, 6.45) is 6.99. The predicted molar refractivity (Wildman–Crippen MR) is 90.4 cm³/mol. The number of imidazole rings is 1. The highest BCUT2D eigenvalue weighted by Gasteiger charge is 2.09. The van der Waals surface area contributed by atoms with Crippen molar-refractivity contribution < 1.29 is 9.63 Å². The van der Waals surface area contributed by atoms with Gasteiger partial charge in [0.05, 0.1) is 6.33 Å². The van der Waals surface area contributed by atoms with Crippen molar-refractivity contribution >= 4 is 0 Å². The molecule has 0 radical (unpaired) electrons. The average molecular weight is 317 g/mol. The van der Waals surface area contributed by atoms with Gasteiger partial charge < -0.3 is 14.2 Å².